The number of nitrogens with zero attached hydrogens (tertiary/aromatic N) is 2. The van der Waals surface area contributed by atoms with Crippen molar-refractivity contribution in [3.63, 3.8) is 0 Å². The summed E-state index contributed by atoms with van der Waals surface area (Å²) in [6.07, 6.45) is -0.0156. The van der Waals surface area contributed by atoms with Crippen LogP contribution in [0.1, 0.15) is 84.0 Å². The number of guanidine groups is 1. The van der Waals surface area contributed by atoms with Crippen molar-refractivity contribution in [1.29, 1.82) is 0 Å². The van der Waals surface area contributed by atoms with E-state index >= 15 is 0 Å². The number of alkyl carbamates (subject to hydrolysis) is 1. The number of aliphatic imine (C=N–C) groups is 1. The average molecular weight is 836 g/mol. The first-order valence-electron chi connectivity index (χ1n) is 19.9. The Morgan fingerprint density at radius 3 is 2.20 bits per heavy atom. The molecule has 0 radical (unpaired) electrons. The maximum absolute atomic E-state index is 13.7. The number of benzene rings is 4. The third-order valence-electron chi connectivity index (χ3n) is 10.9. The molecule has 1 aliphatic heterocycles. The molecule has 14 nitrogen and oxygen atoms in total. The van der Waals surface area contributed by atoms with E-state index in [4.69, 9.17) is 15.2 Å². The molecule has 60 heavy (non-hydrogen) atoms. The lowest BCUT2D eigenvalue weighted by atomic mass is 9.94. The van der Waals surface area contributed by atoms with Gasteiger partial charge in [-0.3, -0.25) is 14.6 Å². The summed E-state index contributed by atoms with van der Waals surface area (Å²) in [5, 5.41) is 9.41. The number of carbonyl (C=O) groups is 3. The predicted molar refractivity (Wildman–Crippen MR) is 231 cm³/mol. The zero-order valence-electron chi connectivity index (χ0n) is 35.1. The molecule has 1 heterocycles. The van der Waals surface area contributed by atoms with Crippen molar-refractivity contribution < 1.29 is 32.3 Å². The summed E-state index contributed by atoms with van der Waals surface area (Å²) in [5.74, 6) is -0.997. The van der Waals surface area contributed by atoms with Gasteiger partial charge in [0.2, 0.25) is 5.96 Å². The van der Waals surface area contributed by atoms with Gasteiger partial charge >= 0.3 is 6.09 Å². The molecule has 6 N–H and O–H groups in total. The number of carbonyl (C=O) groups excluding carboxylic acids is 3. The maximum atomic E-state index is 13.7. The number of sulfonamides is 1. The number of hydrogen-bond acceptors (Lipinski definition) is 9. The summed E-state index contributed by atoms with van der Waals surface area (Å²) in [5.41, 5.74) is 17.0. The van der Waals surface area contributed by atoms with Crippen LogP contribution in [0.4, 0.5) is 4.79 Å². The number of amides is 3. The monoisotopic (exact) mass is 835 g/mol. The van der Waals surface area contributed by atoms with E-state index in [-0.39, 0.29) is 55.0 Å². The van der Waals surface area contributed by atoms with Crippen LogP contribution in [0.5, 0.6) is 5.75 Å². The van der Waals surface area contributed by atoms with E-state index in [1.807, 2.05) is 100 Å². The largest absolute Gasteiger partial charge is 0.487 e. The summed E-state index contributed by atoms with van der Waals surface area (Å²) >= 11 is 0. The average Bonchev–Trinajstić information content (AvgIpc) is 3.72. The van der Waals surface area contributed by atoms with Crippen LogP contribution in [0.15, 0.2) is 87.8 Å². The molecule has 0 saturated heterocycles. The molecular weight excluding hydrogens is 783 g/mol. The quantitative estimate of drug-likeness (QED) is 0.0459. The molecule has 4 aromatic carbocycles. The van der Waals surface area contributed by atoms with Crippen molar-refractivity contribution in [1.82, 2.24) is 20.8 Å². The molecule has 0 bridgehead atoms. The summed E-state index contributed by atoms with van der Waals surface area (Å²) in [6.45, 7) is 13.0. The first-order chi connectivity index (χ1) is 28.5. The SMILES string of the molecule is C/C(=N/NC(=O)[C@H](CCCN=C(N)NS(=O)(=O)c1c(C)c(C)c2c(c1C)CC(C)(C)O2)NC(=O)OCC1c2ccccc2-c2ccccc21)C(=O)NCc1ccc(C)cc1. The van der Waals surface area contributed by atoms with Crippen molar-refractivity contribution in [3.8, 4) is 16.9 Å². The fourth-order valence-corrected chi connectivity index (χ4v) is 9.22. The highest BCUT2D eigenvalue weighted by Crippen LogP contribution is 2.45. The summed E-state index contributed by atoms with van der Waals surface area (Å²) in [6, 6.07) is 22.4. The molecule has 15 heteroatoms. The number of nitrogens with two attached hydrogens (primary N) is 1. The molecule has 1 atom stereocenters. The van der Waals surface area contributed by atoms with Crippen molar-refractivity contribution in [2.24, 2.45) is 15.8 Å². The second kappa shape index (κ2) is 18.0. The van der Waals surface area contributed by atoms with E-state index in [1.54, 1.807) is 13.8 Å². The van der Waals surface area contributed by atoms with Crippen LogP contribution in [-0.4, -0.2) is 62.8 Å². The highest BCUT2D eigenvalue weighted by Gasteiger charge is 2.37. The number of ether oxygens (including phenoxy) is 2. The molecule has 6 rings (SSSR count). The van der Waals surface area contributed by atoms with Gasteiger partial charge in [-0.15, -0.1) is 0 Å². The van der Waals surface area contributed by atoms with Crippen LogP contribution in [0, 0.1) is 27.7 Å². The van der Waals surface area contributed by atoms with Gasteiger partial charge < -0.3 is 25.8 Å². The zero-order chi connectivity index (χ0) is 43.4. The molecule has 3 amide bonds. The molecule has 1 aliphatic carbocycles. The first-order valence-corrected chi connectivity index (χ1v) is 21.4. The van der Waals surface area contributed by atoms with Gasteiger partial charge in [-0.2, -0.15) is 5.10 Å². The van der Waals surface area contributed by atoms with Crippen LogP contribution in [0.2, 0.25) is 0 Å². The predicted octanol–water partition coefficient (Wildman–Crippen LogP) is 5.72. The Kier molecular flexibility index (Phi) is 13.0. The van der Waals surface area contributed by atoms with Gasteiger partial charge in [-0.25, -0.2) is 23.4 Å². The van der Waals surface area contributed by atoms with Crippen molar-refractivity contribution >= 4 is 39.6 Å². The molecule has 316 valence electrons. The van der Waals surface area contributed by atoms with Gasteiger partial charge in [0, 0.05) is 31.0 Å². The Bertz CT molecular complexity index is 2430. The Balaban J connectivity index is 1.11. The molecule has 0 spiro atoms. The lowest BCUT2D eigenvalue weighted by Gasteiger charge is -2.19. The minimum atomic E-state index is -4.13. The summed E-state index contributed by atoms with van der Waals surface area (Å²) < 4.78 is 41.6. The summed E-state index contributed by atoms with van der Waals surface area (Å²) in [7, 11) is -4.13. The Morgan fingerprint density at radius 2 is 1.55 bits per heavy atom. The number of hydrogen-bond donors (Lipinski definition) is 5. The molecule has 0 aromatic heterocycles. The van der Waals surface area contributed by atoms with E-state index < -0.39 is 39.6 Å². The van der Waals surface area contributed by atoms with Gasteiger partial charge in [0.25, 0.3) is 21.8 Å². The van der Waals surface area contributed by atoms with Gasteiger partial charge in [-0.1, -0.05) is 78.4 Å². The molecule has 2 aliphatic rings. The van der Waals surface area contributed by atoms with E-state index in [9.17, 15) is 22.8 Å². The van der Waals surface area contributed by atoms with Crippen LogP contribution < -0.4 is 31.3 Å². The normalized spacial score (nSPS) is 14.9. The molecular formula is C45H53N7O7S. The van der Waals surface area contributed by atoms with Crippen molar-refractivity contribution in [3.05, 3.63) is 117 Å². The van der Waals surface area contributed by atoms with Crippen LogP contribution in [-0.2, 0) is 37.3 Å². The maximum Gasteiger partial charge on any atom is 0.407 e. The Hall–Kier alpha value is -6.22. The number of aryl methyl sites for hydroxylation is 1. The highest BCUT2D eigenvalue weighted by atomic mass is 32.2. The Morgan fingerprint density at radius 1 is 0.917 bits per heavy atom. The van der Waals surface area contributed by atoms with Crippen LogP contribution in [0.25, 0.3) is 11.1 Å². The zero-order valence-corrected chi connectivity index (χ0v) is 35.9. The topological polar surface area (TPSA) is 203 Å². The van der Waals surface area contributed by atoms with Gasteiger partial charge in [0.1, 0.15) is 29.7 Å². The van der Waals surface area contributed by atoms with E-state index in [0.29, 0.717) is 23.3 Å². The van der Waals surface area contributed by atoms with Gasteiger partial charge in [0.05, 0.1) is 4.90 Å². The summed E-state index contributed by atoms with van der Waals surface area (Å²) in [4.78, 5) is 43.9. The molecule has 0 fully saturated rings. The number of hydrazone groups is 1. The van der Waals surface area contributed by atoms with E-state index in [2.05, 4.69) is 30.9 Å². The third kappa shape index (κ3) is 9.79. The second-order valence-electron chi connectivity index (χ2n) is 15.9. The van der Waals surface area contributed by atoms with E-state index in [0.717, 1.165) is 44.5 Å². The van der Waals surface area contributed by atoms with Gasteiger partial charge in [-0.05, 0) is 106 Å². The van der Waals surface area contributed by atoms with Crippen molar-refractivity contribution in [2.75, 3.05) is 13.2 Å². The Labute approximate surface area is 351 Å². The number of rotatable bonds is 14. The minimum Gasteiger partial charge on any atom is -0.487 e. The number of nitrogens with one attached hydrogen (secondary N) is 4. The fourth-order valence-electron chi connectivity index (χ4n) is 7.70. The third-order valence-corrected chi connectivity index (χ3v) is 12.5. The lowest BCUT2D eigenvalue weighted by Crippen LogP contribution is -2.46. The first kappa shape index (κ1) is 43.4. The molecule has 0 saturated carbocycles. The van der Waals surface area contributed by atoms with Crippen LogP contribution >= 0.6 is 0 Å². The molecule has 0 unspecified atom stereocenters. The lowest BCUT2D eigenvalue weighted by molar-refractivity contribution is -0.123. The smallest absolute Gasteiger partial charge is 0.407 e. The number of fused-ring (bicyclic) bond motifs is 4. The standard InChI is InChI=1S/C45H53N7O7S/c1-26-18-20-31(21-19-26)24-48-41(53)30(5)50-51-42(54)38(49-44(55)58-25-37-34-15-10-8-13-32(34)33-14-9-11-16-35(33)37)17-12-22-47-43(46)52-60(56,57)40-28(3)27(2)39-36(29(40)4)23-45(6,7)59-39/h8-11,13-16,18-21,37-38H,12,17,22-25H2,1-7H3,(H,48,53)(H,49,55)(H,51,54)(H3,46,47,52)/b50-30-/t38-/m0/s1. The minimum absolute atomic E-state index is 0.000265. The molecule has 4 aromatic rings. The fraction of sp³-hybridized carbons (Fsp3) is 0.356. The van der Waals surface area contributed by atoms with Gasteiger partial charge in [0.15, 0.2) is 0 Å². The van der Waals surface area contributed by atoms with Crippen LogP contribution in [0.3, 0.4) is 0 Å². The second-order valence-corrected chi connectivity index (χ2v) is 17.5. The van der Waals surface area contributed by atoms with E-state index in [1.165, 1.54) is 6.92 Å². The highest BCUT2D eigenvalue weighted by molar-refractivity contribution is 7.90. The van der Waals surface area contributed by atoms with Crippen molar-refractivity contribution in [2.45, 2.75) is 96.7 Å².